The van der Waals surface area contributed by atoms with Crippen molar-refractivity contribution in [1.82, 2.24) is 19.6 Å². The summed E-state index contributed by atoms with van der Waals surface area (Å²) in [6, 6.07) is 9.43. The first-order valence-electron chi connectivity index (χ1n) is 15.5. The van der Waals surface area contributed by atoms with Crippen LogP contribution in [0.15, 0.2) is 47.0 Å². The highest BCUT2D eigenvalue weighted by atomic mass is 16.7. The van der Waals surface area contributed by atoms with E-state index in [4.69, 9.17) is 24.1 Å². The van der Waals surface area contributed by atoms with Crippen LogP contribution in [-0.4, -0.2) is 96.7 Å². The molecule has 12 heteroatoms. The van der Waals surface area contributed by atoms with Gasteiger partial charge in [0, 0.05) is 69.4 Å². The van der Waals surface area contributed by atoms with Crippen LogP contribution >= 0.6 is 0 Å². The van der Waals surface area contributed by atoms with Gasteiger partial charge in [0.25, 0.3) is 11.5 Å². The molecule has 44 heavy (non-hydrogen) atoms. The Morgan fingerprint density at radius 1 is 1.11 bits per heavy atom. The van der Waals surface area contributed by atoms with E-state index in [0.717, 1.165) is 24.3 Å². The first-order valence-corrected chi connectivity index (χ1v) is 15.5. The van der Waals surface area contributed by atoms with Gasteiger partial charge in [0.15, 0.2) is 5.76 Å². The molecule has 1 saturated heterocycles. The van der Waals surface area contributed by atoms with E-state index in [2.05, 4.69) is 5.32 Å². The van der Waals surface area contributed by atoms with Crippen molar-refractivity contribution in [3.8, 4) is 5.69 Å². The van der Waals surface area contributed by atoms with Crippen molar-refractivity contribution in [1.29, 1.82) is 0 Å². The highest BCUT2D eigenvalue weighted by Crippen LogP contribution is 2.39. The van der Waals surface area contributed by atoms with Crippen LogP contribution in [0.5, 0.6) is 0 Å². The van der Waals surface area contributed by atoms with Crippen LogP contribution in [0, 0.1) is 12.8 Å². The zero-order valence-corrected chi connectivity index (χ0v) is 26.0. The summed E-state index contributed by atoms with van der Waals surface area (Å²) in [4.78, 5) is 41.2. The smallest absolute Gasteiger partial charge is 0.286 e. The molecule has 2 aromatic rings. The topological polar surface area (TPSA) is 133 Å². The van der Waals surface area contributed by atoms with Crippen molar-refractivity contribution in [3.63, 3.8) is 0 Å². The van der Waals surface area contributed by atoms with Crippen LogP contribution in [0.2, 0.25) is 0 Å². The summed E-state index contributed by atoms with van der Waals surface area (Å²) in [5, 5.41) is 11.8. The second kappa shape index (κ2) is 16.6. The number of benzene rings is 1. The molecule has 1 aromatic carbocycles. The molecule has 3 atom stereocenters. The molecule has 4 rings (SSSR count). The summed E-state index contributed by atoms with van der Waals surface area (Å²) in [5.74, 6) is -0.927. The van der Waals surface area contributed by atoms with E-state index in [-0.39, 0.29) is 42.3 Å². The number of nitrogens with one attached hydrogen (secondary N) is 1. The van der Waals surface area contributed by atoms with Gasteiger partial charge in [0.1, 0.15) is 0 Å². The Morgan fingerprint density at radius 2 is 1.86 bits per heavy atom. The van der Waals surface area contributed by atoms with Gasteiger partial charge in [0.2, 0.25) is 12.2 Å². The van der Waals surface area contributed by atoms with E-state index in [1.54, 1.807) is 10.8 Å². The number of carbonyl (C=O) groups is 2. The number of para-hydroxylation sites is 1. The molecule has 2 N–H and O–H groups in total. The molecule has 0 radical (unpaired) electrons. The normalized spacial score (nSPS) is 20.1. The van der Waals surface area contributed by atoms with Crippen LogP contribution in [0.25, 0.3) is 5.69 Å². The molecule has 242 valence electrons. The molecule has 1 fully saturated rings. The third kappa shape index (κ3) is 8.17. The number of ether oxygens (including phenoxy) is 4. The van der Waals surface area contributed by atoms with E-state index in [9.17, 15) is 14.4 Å². The lowest BCUT2D eigenvalue weighted by atomic mass is 9.81. The summed E-state index contributed by atoms with van der Waals surface area (Å²) >= 11 is 0. The van der Waals surface area contributed by atoms with Crippen LogP contribution in [0.3, 0.4) is 0 Å². The van der Waals surface area contributed by atoms with Gasteiger partial charge < -0.3 is 34.3 Å². The summed E-state index contributed by atoms with van der Waals surface area (Å²) in [6.45, 7) is 7.13. The maximum absolute atomic E-state index is 14.1. The fourth-order valence-electron chi connectivity index (χ4n) is 5.85. The average molecular weight is 615 g/mol. The number of aromatic nitrogens is 2. The highest BCUT2D eigenvalue weighted by molar-refractivity contribution is 5.91. The Labute approximate surface area is 258 Å². The highest BCUT2D eigenvalue weighted by Gasteiger charge is 2.41. The second-order valence-corrected chi connectivity index (χ2v) is 11.0. The number of allylic oxidation sites excluding steroid dienone is 1. The molecule has 0 saturated carbocycles. The number of likely N-dealkylation sites (tertiary alicyclic amines) is 1. The number of nitrogens with zero attached hydrogens (tertiary/aromatic N) is 3. The fourth-order valence-corrected chi connectivity index (χ4v) is 5.85. The quantitative estimate of drug-likeness (QED) is 0.259. The molecule has 0 aliphatic carbocycles. The van der Waals surface area contributed by atoms with Crippen LogP contribution in [0.1, 0.15) is 49.8 Å². The Balaban J connectivity index is 1.58. The molecule has 1 aromatic heterocycles. The summed E-state index contributed by atoms with van der Waals surface area (Å²) in [6.07, 6.45) is 3.55. The van der Waals surface area contributed by atoms with Crippen molar-refractivity contribution in [2.75, 3.05) is 59.3 Å². The number of aliphatic hydroxyl groups excluding tert-OH is 1. The van der Waals surface area contributed by atoms with Gasteiger partial charge in [-0.05, 0) is 51.3 Å². The number of hydrogen-bond donors (Lipinski definition) is 2. The van der Waals surface area contributed by atoms with Gasteiger partial charge in [-0.1, -0.05) is 18.2 Å². The minimum atomic E-state index is -0.781. The maximum Gasteiger partial charge on any atom is 0.286 e. The van der Waals surface area contributed by atoms with E-state index < -0.39 is 12.2 Å². The number of carbonyl (C=O) groups excluding carboxylic acids is 2. The predicted molar refractivity (Wildman–Crippen MR) is 163 cm³/mol. The predicted octanol–water partition coefficient (Wildman–Crippen LogP) is 2.01. The molecule has 2 amide bonds. The monoisotopic (exact) mass is 614 g/mol. The molecule has 2 aliphatic heterocycles. The van der Waals surface area contributed by atoms with Gasteiger partial charge in [-0.2, -0.15) is 0 Å². The molecule has 12 nitrogen and oxygen atoms in total. The van der Waals surface area contributed by atoms with Crippen LogP contribution < -0.4 is 10.9 Å². The molecule has 0 bridgehead atoms. The van der Waals surface area contributed by atoms with E-state index in [0.29, 0.717) is 64.3 Å². The number of aliphatic hydroxyl groups is 1. The zero-order chi connectivity index (χ0) is 31.5. The van der Waals surface area contributed by atoms with Crippen LogP contribution in [0.4, 0.5) is 0 Å². The third-order valence-electron chi connectivity index (χ3n) is 8.14. The Morgan fingerprint density at radius 3 is 2.55 bits per heavy atom. The summed E-state index contributed by atoms with van der Waals surface area (Å²) < 4.78 is 26.7. The van der Waals surface area contributed by atoms with E-state index >= 15 is 0 Å². The van der Waals surface area contributed by atoms with Gasteiger partial charge in [-0.25, -0.2) is 4.68 Å². The van der Waals surface area contributed by atoms with Gasteiger partial charge >= 0.3 is 0 Å². The lowest BCUT2D eigenvalue weighted by Crippen LogP contribution is -2.41. The summed E-state index contributed by atoms with van der Waals surface area (Å²) in [7, 11) is 1.85. The van der Waals surface area contributed by atoms with Gasteiger partial charge in [0.05, 0.1) is 32.1 Å². The Bertz CT molecular complexity index is 1320. The first-order chi connectivity index (χ1) is 21.4. The fraction of sp³-hybridized carbons (Fsp3) is 0.594. The average Bonchev–Trinajstić information content (AvgIpc) is 3.53. The van der Waals surface area contributed by atoms with Crippen LogP contribution in [-0.2, 0) is 35.6 Å². The number of rotatable bonds is 17. The van der Waals surface area contributed by atoms with Crippen molar-refractivity contribution < 1.29 is 33.6 Å². The lowest BCUT2D eigenvalue weighted by molar-refractivity contribution is -0.168. The van der Waals surface area contributed by atoms with Crippen molar-refractivity contribution >= 4 is 11.8 Å². The number of hydrogen-bond acceptors (Lipinski definition) is 8. The molecular weight excluding hydrogens is 568 g/mol. The van der Waals surface area contributed by atoms with Crippen molar-refractivity contribution in [2.24, 2.45) is 13.0 Å². The van der Waals surface area contributed by atoms with Crippen molar-refractivity contribution in [3.05, 3.63) is 63.8 Å². The largest absolute Gasteiger partial charge is 0.459 e. The maximum atomic E-state index is 14.1. The molecule has 0 spiro atoms. The minimum absolute atomic E-state index is 0.0472. The number of amides is 2. The molecular formula is C32H46N4O8. The first kappa shape index (κ1) is 33.4. The Hall–Kier alpha value is -3.45. The summed E-state index contributed by atoms with van der Waals surface area (Å²) in [5.41, 5.74) is 1.91. The third-order valence-corrected chi connectivity index (χ3v) is 8.14. The molecule has 0 unspecified atom stereocenters. The SMILES string of the molecule is CCO[C@@H]1OC(C(=O)NCCCN2CCCC2=O)=C[C@H](c2c(C)n(C)n(-c3ccccc3)c2=O)[C@H]1CCOCCOCCO. The second-order valence-electron chi connectivity index (χ2n) is 11.0. The van der Waals surface area contributed by atoms with Gasteiger partial charge in [-0.3, -0.25) is 19.1 Å². The lowest BCUT2D eigenvalue weighted by Gasteiger charge is -2.36. The zero-order valence-electron chi connectivity index (χ0n) is 26.0. The Kier molecular flexibility index (Phi) is 12.6. The van der Waals surface area contributed by atoms with E-state index in [1.807, 2.05) is 60.8 Å². The van der Waals surface area contributed by atoms with Crippen molar-refractivity contribution in [2.45, 2.75) is 51.7 Å². The standard InChI is InChI=1S/C32H46N4O8/c1-4-43-32-25(13-18-41-20-21-42-19-17-37)26(29-23(2)34(3)36(31(29)40)24-10-6-5-7-11-24)22-27(44-32)30(39)33-14-9-16-35-15-8-12-28(35)38/h5-7,10-11,22,25-26,32,37H,4,8-9,12-21H2,1-3H3,(H,33,39)/t25-,26+,32-/m1/s1. The minimum Gasteiger partial charge on any atom is -0.459 e. The molecule has 3 heterocycles. The van der Waals surface area contributed by atoms with Gasteiger partial charge in [-0.15, -0.1) is 0 Å². The molecule has 2 aliphatic rings. The van der Waals surface area contributed by atoms with E-state index in [1.165, 1.54) is 0 Å².